The van der Waals surface area contributed by atoms with E-state index in [4.69, 9.17) is 10.00 Å². The summed E-state index contributed by atoms with van der Waals surface area (Å²) in [7, 11) is 0. The molecular weight excluding hydrogens is 463 g/mol. The molecule has 194 valence electrons. The van der Waals surface area contributed by atoms with E-state index in [9.17, 15) is 18.0 Å². The number of hydrogen-bond acceptors (Lipinski definition) is 3. The summed E-state index contributed by atoms with van der Waals surface area (Å²) in [5.74, 6) is -2.99. The van der Waals surface area contributed by atoms with Crippen LogP contribution in [0.4, 0.5) is 13.2 Å². The van der Waals surface area contributed by atoms with Gasteiger partial charge in [-0.1, -0.05) is 83.6 Å². The van der Waals surface area contributed by atoms with Crippen LogP contribution in [0.2, 0.25) is 0 Å². The molecule has 1 fully saturated rings. The molecule has 2 aromatic rings. The van der Waals surface area contributed by atoms with Gasteiger partial charge in [-0.2, -0.15) is 5.26 Å². The van der Waals surface area contributed by atoms with Gasteiger partial charge < -0.3 is 4.74 Å². The molecule has 3 rings (SSSR count). The van der Waals surface area contributed by atoms with E-state index < -0.39 is 34.7 Å². The van der Waals surface area contributed by atoms with Crippen LogP contribution in [0.25, 0.3) is 0 Å². The van der Waals surface area contributed by atoms with Gasteiger partial charge in [0.05, 0.1) is 5.56 Å². The third kappa shape index (κ3) is 8.11. The Bertz CT molecular complexity index is 1030. The fraction of sp³-hybridized carbons (Fsp3) is 0.533. The van der Waals surface area contributed by atoms with Crippen LogP contribution in [0, 0.1) is 40.6 Å². The van der Waals surface area contributed by atoms with E-state index >= 15 is 0 Å². The molecule has 1 aliphatic rings. The van der Waals surface area contributed by atoms with Crippen LogP contribution < -0.4 is 4.74 Å². The van der Waals surface area contributed by atoms with Crippen molar-refractivity contribution in [3.63, 3.8) is 0 Å². The molecule has 0 amide bonds. The van der Waals surface area contributed by atoms with E-state index in [1.807, 2.05) is 0 Å². The zero-order valence-corrected chi connectivity index (χ0v) is 21.1. The molecule has 0 atom stereocenters. The summed E-state index contributed by atoms with van der Waals surface area (Å²) in [5.41, 5.74) is -0.260. The average Bonchev–Trinajstić information content (AvgIpc) is 2.85. The van der Waals surface area contributed by atoms with Gasteiger partial charge in [0.15, 0.2) is 0 Å². The Kier molecular flexibility index (Phi) is 10.8. The second-order valence-electron chi connectivity index (χ2n) is 10.1. The first-order chi connectivity index (χ1) is 17.4. The standard InChI is InChI=1S/C30H36F3NO2/c1-2-3-4-5-6-7-8-21-9-11-22(12-10-21)13-14-23-15-16-25(27(31)17-23)30(35)36-24-18-28(32)26(20-34)29(33)19-24/h15-19,21-22H,2-14H2,1H3/t21-,22-. The van der Waals surface area contributed by atoms with Crippen LogP contribution in [0.5, 0.6) is 5.75 Å². The Labute approximate surface area is 212 Å². The van der Waals surface area contributed by atoms with Crippen LogP contribution in [0.1, 0.15) is 105 Å². The zero-order valence-electron chi connectivity index (χ0n) is 21.1. The summed E-state index contributed by atoms with van der Waals surface area (Å²) in [5, 5.41) is 8.73. The van der Waals surface area contributed by atoms with Gasteiger partial charge in [-0.3, -0.25) is 0 Å². The van der Waals surface area contributed by atoms with Gasteiger partial charge in [-0.15, -0.1) is 0 Å². The topological polar surface area (TPSA) is 50.1 Å². The number of carbonyl (C=O) groups excluding carboxylic acids is 1. The van der Waals surface area contributed by atoms with Crippen LogP contribution in [0.15, 0.2) is 30.3 Å². The molecule has 0 bridgehead atoms. The number of halogens is 3. The molecule has 0 N–H and O–H groups in total. The Balaban J connectivity index is 1.43. The molecule has 1 saturated carbocycles. The maximum Gasteiger partial charge on any atom is 0.346 e. The first-order valence-corrected chi connectivity index (χ1v) is 13.3. The van der Waals surface area contributed by atoms with Crippen molar-refractivity contribution in [2.24, 2.45) is 11.8 Å². The van der Waals surface area contributed by atoms with E-state index in [-0.39, 0.29) is 5.56 Å². The Morgan fingerprint density at radius 2 is 1.50 bits per heavy atom. The Morgan fingerprint density at radius 1 is 0.889 bits per heavy atom. The van der Waals surface area contributed by atoms with Crippen LogP contribution in [-0.4, -0.2) is 5.97 Å². The lowest BCUT2D eigenvalue weighted by molar-refractivity contribution is 0.0729. The predicted molar refractivity (Wildman–Crippen MR) is 134 cm³/mol. The number of nitrogens with zero attached hydrogens (tertiary/aromatic N) is 1. The van der Waals surface area contributed by atoms with Crippen molar-refractivity contribution in [1.29, 1.82) is 5.26 Å². The van der Waals surface area contributed by atoms with Crippen molar-refractivity contribution in [2.75, 3.05) is 0 Å². The second kappa shape index (κ2) is 14.1. The first kappa shape index (κ1) is 27.8. The van der Waals surface area contributed by atoms with Crippen molar-refractivity contribution in [1.82, 2.24) is 0 Å². The summed E-state index contributed by atoms with van der Waals surface area (Å²) in [6.45, 7) is 2.25. The number of benzene rings is 2. The van der Waals surface area contributed by atoms with Gasteiger partial charge in [0.1, 0.15) is 34.8 Å². The fourth-order valence-electron chi connectivity index (χ4n) is 5.15. The second-order valence-corrected chi connectivity index (χ2v) is 10.1. The monoisotopic (exact) mass is 499 g/mol. The molecule has 0 unspecified atom stereocenters. The Hall–Kier alpha value is -2.81. The molecule has 1 aliphatic carbocycles. The van der Waals surface area contributed by atoms with Gasteiger partial charge in [0.25, 0.3) is 0 Å². The molecule has 0 spiro atoms. The van der Waals surface area contributed by atoms with Crippen molar-refractivity contribution in [3.8, 4) is 11.8 Å². The number of ether oxygens (including phenoxy) is 1. The summed E-state index contributed by atoms with van der Waals surface area (Å²) >= 11 is 0. The van der Waals surface area contributed by atoms with Gasteiger partial charge in [-0.25, -0.2) is 18.0 Å². The molecular formula is C30H36F3NO2. The highest BCUT2D eigenvalue weighted by Crippen LogP contribution is 2.34. The van der Waals surface area contributed by atoms with E-state index in [0.717, 1.165) is 36.5 Å². The highest BCUT2D eigenvalue weighted by atomic mass is 19.1. The minimum Gasteiger partial charge on any atom is -0.423 e. The van der Waals surface area contributed by atoms with Crippen molar-refractivity contribution in [3.05, 3.63) is 64.5 Å². The zero-order chi connectivity index (χ0) is 25.9. The minimum absolute atomic E-state index is 0.306. The first-order valence-electron chi connectivity index (χ1n) is 13.3. The molecule has 36 heavy (non-hydrogen) atoms. The van der Waals surface area contributed by atoms with Crippen molar-refractivity contribution >= 4 is 5.97 Å². The summed E-state index contributed by atoms with van der Waals surface area (Å²) in [6.07, 6.45) is 16.2. The Morgan fingerprint density at radius 3 is 2.11 bits per heavy atom. The number of nitriles is 1. The highest BCUT2D eigenvalue weighted by Gasteiger charge is 2.22. The quantitative estimate of drug-likeness (QED) is 0.167. The molecule has 0 aliphatic heterocycles. The van der Waals surface area contributed by atoms with Crippen LogP contribution in [0.3, 0.4) is 0 Å². The highest BCUT2D eigenvalue weighted by molar-refractivity contribution is 5.91. The van der Waals surface area contributed by atoms with Gasteiger partial charge >= 0.3 is 5.97 Å². The fourth-order valence-corrected chi connectivity index (χ4v) is 5.15. The van der Waals surface area contributed by atoms with Gasteiger partial charge in [0, 0.05) is 12.1 Å². The van der Waals surface area contributed by atoms with Crippen molar-refractivity contribution in [2.45, 2.75) is 90.4 Å². The molecule has 0 aromatic heterocycles. The lowest BCUT2D eigenvalue weighted by Crippen LogP contribution is -2.15. The molecule has 0 heterocycles. The average molecular weight is 500 g/mol. The maximum atomic E-state index is 14.6. The van der Waals surface area contributed by atoms with Gasteiger partial charge in [-0.05, 0) is 42.4 Å². The normalized spacial score (nSPS) is 17.5. The number of aryl methyl sites for hydroxylation is 1. The summed E-state index contributed by atoms with van der Waals surface area (Å²) in [6, 6.07) is 7.23. The number of hydrogen-bond donors (Lipinski definition) is 0. The summed E-state index contributed by atoms with van der Waals surface area (Å²) in [4.78, 5) is 12.3. The molecule has 2 aromatic carbocycles. The smallest absolute Gasteiger partial charge is 0.346 e. The van der Waals surface area contributed by atoms with Crippen LogP contribution >= 0.6 is 0 Å². The lowest BCUT2D eigenvalue weighted by atomic mass is 9.77. The van der Waals surface area contributed by atoms with E-state index in [1.54, 1.807) is 6.07 Å². The third-order valence-corrected chi connectivity index (χ3v) is 7.36. The predicted octanol–water partition coefficient (Wildman–Crippen LogP) is 8.68. The number of esters is 1. The number of carbonyl (C=O) groups is 1. The lowest BCUT2D eigenvalue weighted by Gasteiger charge is -2.28. The number of unbranched alkanes of at least 4 members (excludes halogenated alkanes) is 5. The number of rotatable bonds is 12. The van der Waals surface area contributed by atoms with E-state index in [0.29, 0.717) is 5.92 Å². The van der Waals surface area contributed by atoms with Gasteiger partial charge in [0.2, 0.25) is 0 Å². The summed E-state index contributed by atoms with van der Waals surface area (Å²) < 4.78 is 47.0. The minimum atomic E-state index is -1.15. The molecule has 6 heteroatoms. The largest absolute Gasteiger partial charge is 0.423 e. The van der Waals surface area contributed by atoms with Crippen LogP contribution in [-0.2, 0) is 6.42 Å². The van der Waals surface area contributed by atoms with Crippen molar-refractivity contribution < 1.29 is 22.7 Å². The molecule has 0 saturated heterocycles. The van der Waals surface area contributed by atoms with E-state index in [1.165, 1.54) is 88.8 Å². The van der Waals surface area contributed by atoms with E-state index in [2.05, 4.69) is 6.92 Å². The molecule has 3 nitrogen and oxygen atoms in total. The third-order valence-electron chi connectivity index (χ3n) is 7.36. The molecule has 0 radical (unpaired) electrons. The SMILES string of the molecule is CCCCCCCC[C@H]1CC[C@H](CCc2ccc(C(=O)Oc3cc(F)c(C#N)c(F)c3)c(F)c2)CC1. The maximum absolute atomic E-state index is 14.6.